The highest BCUT2D eigenvalue weighted by Crippen LogP contribution is 2.25. The summed E-state index contributed by atoms with van der Waals surface area (Å²) in [5.41, 5.74) is 8.41. The lowest BCUT2D eigenvalue weighted by atomic mass is 10.0. The van der Waals surface area contributed by atoms with E-state index in [0.717, 1.165) is 19.6 Å². The summed E-state index contributed by atoms with van der Waals surface area (Å²) in [7, 11) is 2.13. The first-order chi connectivity index (χ1) is 8.24. The Labute approximate surface area is 103 Å². The Morgan fingerprint density at radius 2 is 2.47 bits per heavy atom. The van der Waals surface area contributed by atoms with Gasteiger partial charge in [0.1, 0.15) is 0 Å². The number of nitrogens with zero attached hydrogens (tertiary/aromatic N) is 2. The van der Waals surface area contributed by atoms with Crippen LogP contribution in [0.3, 0.4) is 0 Å². The molecule has 0 spiro atoms. The molecule has 0 aromatic carbocycles. The summed E-state index contributed by atoms with van der Waals surface area (Å²) in [5.74, 6) is 0. The topological polar surface area (TPSA) is 51.4 Å². The zero-order valence-electron chi connectivity index (χ0n) is 10.6. The zero-order chi connectivity index (χ0) is 12.3. The number of hydrogen-bond acceptors (Lipinski definition) is 4. The molecule has 2 atom stereocenters. The SMILES string of the molecule is Cc1ccncc1C(CN)N(C)C1CCOC1. The minimum Gasteiger partial charge on any atom is -0.380 e. The Balaban J connectivity index is 2.18. The molecule has 1 aliphatic heterocycles. The van der Waals surface area contributed by atoms with Gasteiger partial charge in [0.2, 0.25) is 0 Å². The Hall–Kier alpha value is -0.970. The average molecular weight is 235 g/mol. The van der Waals surface area contributed by atoms with Gasteiger partial charge < -0.3 is 10.5 Å². The van der Waals surface area contributed by atoms with Crippen LogP contribution in [0.1, 0.15) is 23.6 Å². The van der Waals surface area contributed by atoms with Gasteiger partial charge in [0.05, 0.1) is 6.61 Å². The number of pyridine rings is 1. The molecule has 1 aromatic heterocycles. The second kappa shape index (κ2) is 5.58. The molecule has 2 rings (SSSR count). The Morgan fingerprint density at radius 3 is 3.06 bits per heavy atom. The van der Waals surface area contributed by atoms with Crippen molar-refractivity contribution in [3.63, 3.8) is 0 Å². The first kappa shape index (κ1) is 12.5. The summed E-state index contributed by atoms with van der Waals surface area (Å²) in [6.07, 6.45) is 4.84. The number of hydrogen-bond donors (Lipinski definition) is 1. The molecule has 0 amide bonds. The van der Waals surface area contributed by atoms with Crippen molar-refractivity contribution in [2.45, 2.75) is 25.4 Å². The van der Waals surface area contributed by atoms with Gasteiger partial charge in [-0.2, -0.15) is 0 Å². The minimum atomic E-state index is 0.232. The van der Waals surface area contributed by atoms with Gasteiger partial charge in [0.15, 0.2) is 0 Å². The van der Waals surface area contributed by atoms with Crippen LogP contribution in [0, 0.1) is 6.92 Å². The highest BCUT2D eigenvalue weighted by molar-refractivity contribution is 5.25. The van der Waals surface area contributed by atoms with Gasteiger partial charge in [-0.1, -0.05) is 0 Å². The number of likely N-dealkylation sites (N-methyl/N-ethyl adjacent to an activating group) is 1. The smallest absolute Gasteiger partial charge is 0.0622 e. The first-order valence-corrected chi connectivity index (χ1v) is 6.14. The van der Waals surface area contributed by atoms with E-state index < -0.39 is 0 Å². The lowest BCUT2D eigenvalue weighted by Crippen LogP contribution is -2.39. The summed E-state index contributed by atoms with van der Waals surface area (Å²) in [5, 5.41) is 0. The van der Waals surface area contributed by atoms with Gasteiger partial charge in [0, 0.05) is 37.6 Å². The number of nitrogens with two attached hydrogens (primary N) is 1. The Bertz CT molecular complexity index is 363. The number of aromatic nitrogens is 1. The van der Waals surface area contributed by atoms with Gasteiger partial charge in [-0.3, -0.25) is 9.88 Å². The molecular weight excluding hydrogens is 214 g/mol. The van der Waals surface area contributed by atoms with Crippen molar-refractivity contribution in [3.8, 4) is 0 Å². The molecule has 2 heterocycles. The van der Waals surface area contributed by atoms with Crippen LogP contribution in [0.4, 0.5) is 0 Å². The summed E-state index contributed by atoms with van der Waals surface area (Å²) in [4.78, 5) is 6.54. The predicted octanol–water partition coefficient (Wildman–Crippen LogP) is 1.11. The van der Waals surface area contributed by atoms with Gasteiger partial charge in [0.25, 0.3) is 0 Å². The molecule has 0 aliphatic carbocycles. The van der Waals surface area contributed by atoms with Crippen LogP contribution < -0.4 is 5.73 Å². The van der Waals surface area contributed by atoms with Crippen molar-refractivity contribution >= 4 is 0 Å². The lowest BCUT2D eigenvalue weighted by molar-refractivity contribution is 0.134. The molecule has 17 heavy (non-hydrogen) atoms. The van der Waals surface area contributed by atoms with Crippen molar-refractivity contribution in [1.29, 1.82) is 0 Å². The maximum atomic E-state index is 5.93. The molecule has 0 bridgehead atoms. The molecule has 0 saturated carbocycles. The fourth-order valence-electron chi connectivity index (χ4n) is 2.44. The van der Waals surface area contributed by atoms with Crippen LogP contribution >= 0.6 is 0 Å². The van der Waals surface area contributed by atoms with E-state index in [1.54, 1.807) is 0 Å². The van der Waals surface area contributed by atoms with Crippen molar-refractivity contribution in [1.82, 2.24) is 9.88 Å². The van der Waals surface area contributed by atoms with Crippen LogP contribution in [-0.2, 0) is 4.74 Å². The van der Waals surface area contributed by atoms with E-state index in [0.29, 0.717) is 12.6 Å². The molecule has 0 radical (unpaired) electrons. The van der Waals surface area contributed by atoms with E-state index in [1.807, 2.05) is 18.5 Å². The molecule has 94 valence electrons. The normalized spacial score (nSPS) is 22.0. The molecule has 1 aromatic rings. The van der Waals surface area contributed by atoms with Crippen LogP contribution in [0.25, 0.3) is 0 Å². The Kier molecular flexibility index (Phi) is 4.10. The minimum absolute atomic E-state index is 0.232. The first-order valence-electron chi connectivity index (χ1n) is 6.14. The van der Waals surface area contributed by atoms with Crippen molar-refractivity contribution in [3.05, 3.63) is 29.6 Å². The van der Waals surface area contributed by atoms with E-state index >= 15 is 0 Å². The van der Waals surface area contributed by atoms with Gasteiger partial charge >= 0.3 is 0 Å². The van der Waals surface area contributed by atoms with E-state index in [-0.39, 0.29) is 6.04 Å². The van der Waals surface area contributed by atoms with Gasteiger partial charge in [-0.25, -0.2) is 0 Å². The summed E-state index contributed by atoms with van der Waals surface area (Å²) < 4.78 is 5.44. The Morgan fingerprint density at radius 1 is 1.65 bits per heavy atom. The van der Waals surface area contributed by atoms with E-state index in [9.17, 15) is 0 Å². The van der Waals surface area contributed by atoms with Crippen molar-refractivity contribution < 1.29 is 4.74 Å². The van der Waals surface area contributed by atoms with Crippen molar-refractivity contribution in [2.75, 3.05) is 26.8 Å². The monoisotopic (exact) mass is 235 g/mol. The van der Waals surface area contributed by atoms with E-state index in [2.05, 4.69) is 23.9 Å². The third-order valence-corrected chi connectivity index (χ3v) is 3.64. The quantitative estimate of drug-likeness (QED) is 0.849. The second-order valence-corrected chi connectivity index (χ2v) is 4.67. The second-order valence-electron chi connectivity index (χ2n) is 4.67. The van der Waals surface area contributed by atoms with Crippen LogP contribution in [0.15, 0.2) is 18.5 Å². The molecule has 1 saturated heterocycles. The van der Waals surface area contributed by atoms with Crippen molar-refractivity contribution in [2.24, 2.45) is 5.73 Å². The molecule has 4 nitrogen and oxygen atoms in total. The summed E-state index contributed by atoms with van der Waals surface area (Å²) in [6, 6.07) is 2.75. The fourth-order valence-corrected chi connectivity index (χ4v) is 2.44. The molecular formula is C13H21N3O. The molecule has 2 N–H and O–H groups in total. The fraction of sp³-hybridized carbons (Fsp3) is 0.615. The zero-order valence-corrected chi connectivity index (χ0v) is 10.6. The van der Waals surface area contributed by atoms with Crippen LogP contribution in [-0.4, -0.2) is 42.7 Å². The predicted molar refractivity (Wildman–Crippen MR) is 67.8 cm³/mol. The number of rotatable bonds is 4. The third-order valence-electron chi connectivity index (χ3n) is 3.64. The molecule has 1 fully saturated rings. The van der Waals surface area contributed by atoms with E-state index in [1.165, 1.54) is 11.1 Å². The third kappa shape index (κ3) is 2.65. The largest absolute Gasteiger partial charge is 0.380 e. The highest BCUT2D eigenvalue weighted by atomic mass is 16.5. The number of aryl methyl sites for hydroxylation is 1. The standard InChI is InChI=1S/C13H21N3O/c1-10-3-5-15-8-12(10)13(7-14)16(2)11-4-6-17-9-11/h3,5,8,11,13H,4,6-7,9,14H2,1-2H3. The maximum Gasteiger partial charge on any atom is 0.0622 e. The van der Waals surface area contributed by atoms with Gasteiger partial charge in [-0.15, -0.1) is 0 Å². The maximum absolute atomic E-state index is 5.93. The average Bonchev–Trinajstić information content (AvgIpc) is 2.86. The lowest BCUT2D eigenvalue weighted by Gasteiger charge is -2.32. The molecule has 2 unspecified atom stereocenters. The van der Waals surface area contributed by atoms with Crippen LogP contribution in [0.5, 0.6) is 0 Å². The summed E-state index contributed by atoms with van der Waals surface area (Å²) >= 11 is 0. The highest BCUT2D eigenvalue weighted by Gasteiger charge is 2.27. The van der Waals surface area contributed by atoms with Crippen LogP contribution in [0.2, 0.25) is 0 Å². The van der Waals surface area contributed by atoms with E-state index in [4.69, 9.17) is 10.5 Å². The molecule has 4 heteroatoms. The number of ether oxygens (including phenoxy) is 1. The summed E-state index contributed by atoms with van der Waals surface area (Å²) in [6.45, 7) is 4.39. The molecule has 1 aliphatic rings. The van der Waals surface area contributed by atoms with Gasteiger partial charge in [-0.05, 0) is 37.6 Å².